The summed E-state index contributed by atoms with van der Waals surface area (Å²) in [6.45, 7) is 2.03. The van der Waals surface area contributed by atoms with Crippen molar-refractivity contribution in [2.45, 2.75) is 49.3 Å². The number of hydrogen-bond acceptors (Lipinski definition) is 5. The molecule has 4 rings (SSSR count). The van der Waals surface area contributed by atoms with Crippen LogP contribution in [0.2, 0.25) is 0 Å². The van der Waals surface area contributed by atoms with Gasteiger partial charge in [0.25, 0.3) is 0 Å². The zero-order chi connectivity index (χ0) is 28.7. The molecule has 1 aliphatic heterocycles. The summed E-state index contributed by atoms with van der Waals surface area (Å²) in [6, 6.07) is 12.7. The molecule has 5 nitrogen and oxygen atoms in total. The Balaban J connectivity index is 1.31. The van der Waals surface area contributed by atoms with Gasteiger partial charge < -0.3 is 14.7 Å². The molecule has 2 aromatic carbocycles. The summed E-state index contributed by atoms with van der Waals surface area (Å²) in [5.41, 5.74) is 0.631. The zero-order valence-electron chi connectivity index (χ0n) is 22.4. The van der Waals surface area contributed by atoms with Gasteiger partial charge in [0.1, 0.15) is 11.9 Å². The van der Waals surface area contributed by atoms with E-state index in [1.165, 1.54) is 23.9 Å². The van der Waals surface area contributed by atoms with E-state index in [1.54, 1.807) is 43.6 Å². The van der Waals surface area contributed by atoms with Crippen molar-refractivity contribution < 1.29 is 32.2 Å². The van der Waals surface area contributed by atoms with Crippen molar-refractivity contribution in [3.05, 3.63) is 65.9 Å². The number of carboxylic acid groups (broad SMARTS) is 1. The number of aromatic nitrogens is 1. The number of benzene rings is 2. The van der Waals surface area contributed by atoms with Gasteiger partial charge in [-0.2, -0.15) is 13.2 Å². The van der Waals surface area contributed by atoms with Crippen molar-refractivity contribution in [3.63, 3.8) is 0 Å². The van der Waals surface area contributed by atoms with E-state index in [-0.39, 0.29) is 29.6 Å². The summed E-state index contributed by atoms with van der Waals surface area (Å²) in [7, 11) is 1.56. The molecule has 0 spiro atoms. The van der Waals surface area contributed by atoms with Crippen LogP contribution in [0.3, 0.4) is 0 Å². The van der Waals surface area contributed by atoms with Crippen LogP contribution in [-0.2, 0) is 11.0 Å². The van der Waals surface area contributed by atoms with Crippen molar-refractivity contribution >= 4 is 28.6 Å². The van der Waals surface area contributed by atoms with Gasteiger partial charge in [-0.3, -0.25) is 9.78 Å². The highest BCUT2D eigenvalue weighted by atomic mass is 32.2. The van der Waals surface area contributed by atoms with Crippen molar-refractivity contribution in [2.24, 2.45) is 11.8 Å². The number of pyridine rings is 1. The van der Waals surface area contributed by atoms with Gasteiger partial charge in [-0.1, -0.05) is 12.1 Å². The number of methoxy groups -OCH3 is 1. The third kappa shape index (κ3) is 7.87. The SMILES string of the molecule is COc1ccc2nccc([C@H](F)CC[C@@H]3CCN(CCCSc4ccccc4C(F)(F)F)C[C@@H]3CC(=O)O)c2c1. The van der Waals surface area contributed by atoms with Crippen molar-refractivity contribution in [1.82, 2.24) is 9.88 Å². The molecule has 3 aromatic rings. The summed E-state index contributed by atoms with van der Waals surface area (Å²) in [5, 5.41) is 10.2. The molecule has 1 N–H and O–H groups in total. The maximum Gasteiger partial charge on any atom is 0.417 e. The number of alkyl halides is 4. The number of fused-ring (bicyclic) bond motifs is 1. The maximum atomic E-state index is 15.5. The third-order valence-electron chi connectivity index (χ3n) is 7.59. The highest BCUT2D eigenvalue weighted by molar-refractivity contribution is 7.99. The standard InChI is InChI=1S/C30H34F4N2O3S/c1-39-22-8-10-27-24(18-22)23(11-13-35-27)26(31)9-7-20-12-15-36(19-21(20)17-29(37)38)14-4-16-40-28-6-3-2-5-25(28)30(32,33)34/h2-3,5-6,8,10-11,13,18,20-21,26H,4,7,9,12,14-17,19H2,1H3,(H,37,38)/t20-,21+,26-/m1/s1. The molecule has 216 valence electrons. The minimum Gasteiger partial charge on any atom is -0.497 e. The number of carboxylic acids is 1. The lowest BCUT2D eigenvalue weighted by Gasteiger charge is -2.38. The first-order valence-electron chi connectivity index (χ1n) is 13.5. The zero-order valence-corrected chi connectivity index (χ0v) is 23.2. The van der Waals surface area contributed by atoms with Gasteiger partial charge in [0.2, 0.25) is 0 Å². The fraction of sp³-hybridized carbons (Fsp3) is 0.467. The average molecular weight is 579 g/mol. The Bertz CT molecular complexity index is 1290. The Labute approximate surface area is 235 Å². The second-order valence-corrected chi connectivity index (χ2v) is 11.4. The molecule has 2 heterocycles. The van der Waals surface area contributed by atoms with Crippen molar-refractivity contribution in [1.29, 1.82) is 0 Å². The van der Waals surface area contributed by atoms with E-state index in [0.717, 1.165) is 19.0 Å². The van der Waals surface area contributed by atoms with E-state index in [9.17, 15) is 23.1 Å². The first-order valence-corrected chi connectivity index (χ1v) is 14.4. The van der Waals surface area contributed by atoms with E-state index >= 15 is 4.39 Å². The molecule has 0 bridgehead atoms. The number of ether oxygens (including phenoxy) is 1. The molecule has 10 heteroatoms. The molecule has 0 radical (unpaired) electrons. The maximum absolute atomic E-state index is 15.5. The Morgan fingerprint density at radius 3 is 2.75 bits per heavy atom. The largest absolute Gasteiger partial charge is 0.497 e. The van der Waals surface area contributed by atoms with E-state index < -0.39 is 23.9 Å². The van der Waals surface area contributed by atoms with Gasteiger partial charge in [-0.25, -0.2) is 4.39 Å². The molecular formula is C30H34F4N2O3S. The predicted molar refractivity (Wildman–Crippen MR) is 148 cm³/mol. The van der Waals surface area contributed by atoms with E-state index in [2.05, 4.69) is 9.88 Å². The quantitative estimate of drug-likeness (QED) is 0.135. The molecule has 1 saturated heterocycles. The van der Waals surface area contributed by atoms with E-state index in [4.69, 9.17) is 4.74 Å². The van der Waals surface area contributed by atoms with Crippen LogP contribution in [0.4, 0.5) is 17.6 Å². The molecular weight excluding hydrogens is 544 g/mol. The lowest BCUT2D eigenvalue weighted by molar-refractivity contribution is -0.140. The van der Waals surface area contributed by atoms with Crippen molar-refractivity contribution in [3.8, 4) is 5.75 Å². The Morgan fingerprint density at radius 1 is 1.20 bits per heavy atom. The summed E-state index contributed by atoms with van der Waals surface area (Å²) in [4.78, 5) is 18.3. The van der Waals surface area contributed by atoms with Crippen molar-refractivity contribution in [2.75, 3.05) is 32.5 Å². The molecule has 0 unspecified atom stereocenters. The number of thioether (sulfide) groups is 1. The summed E-state index contributed by atoms with van der Waals surface area (Å²) in [5.74, 6) is 0.267. The van der Waals surface area contributed by atoms with Gasteiger partial charge >= 0.3 is 12.1 Å². The van der Waals surface area contributed by atoms with E-state index in [1.807, 2.05) is 0 Å². The monoisotopic (exact) mass is 578 g/mol. The van der Waals surface area contributed by atoms with Gasteiger partial charge in [0.15, 0.2) is 0 Å². The minimum absolute atomic E-state index is 0.0151. The number of piperidine rings is 1. The average Bonchev–Trinajstić information content (AvgIpc) is 2.93. The normalized spacial score (nSPS) is 19.0. The summed E-state index contributed by atoms with van der Waals surface area (Å²) >= 11 is 1.19. The van der Waals surface area contributed by atoms with Crippen LogP contribution in [0.25, 0.3) is 10.9 Å². The number of carbonyl (C=O) groups is 1. The predicted octanol–water partition coefficient (Wildman–Crippen LogP) is 7.65. The van der Waals surface area contributed by atoms with Gasteiger partial charge in [-0.15, -0.1) is 11.8 Å². The third-order valence-corrected chi connectivity index (χ3v) is 8.75. The summed E-state index contributed by atoms with van der Waals surface area (Å²) < 4.78 is 60.5. The topological polar surface area (TPSA) is 62.7 Å². The Kier molecular flexibility index (Phi) is 10.3. The van der Waals surface area contributed by atoms with Crippen LogP contribution in [0.5, 0.6) is 5.75 Å². The number of rotatable bonds is 12. The fourth-order valence-electron chi connectivity index (χ4n) is 5.55. The molecule has 1 aromatic heterocycles. The second-order valence-electron chi connectivity index (χ2n) is 10.2. The van der Waals surface area contributed by atoms with Gasteiger partial charge in [-0.05, 0) is 98.3 Å². The van der Waals surface area contributed by atoms with Crippen LogP contribution in [-0.4, -0.2) is 53.5 Å². The molecule has 40 heavy (non-hydrogen) atoms. The molecule has 3 atom stereocenters. The number of likely N-dealkylation sites (tertiary alicyclic amines) is 1. The summed E-state index contributed by atoms with van der Waals surface area (Å²) in [6.07, 6.45) is -1.67. The van der Waals surface area contributed by atoms with Crippen LogP contribution in [0.1, 0.15) is 49.4 Å². The second kappa shape index (κ2) is 13.7. The molecule has 0 amide bonds. The molecule has 0 aliphatic carbocycles. The molecule has 1 fully saturated rings. The van der Waals surface area contributed by atoms with Crippen LogP contribution < -0.4 is 4.74 Å². The van der Waals surface area contributed by atoms with E-state index in [0.29, 0.717) is 53.9 Å². The first kappa shape index (κ1) is 30.1. The van der Waals surface area contributed by atoms with Gasteiger partial charge in [0.05, 0.1) is 18.2 Å². The van der Waals surface area contributed by atoms with Crippen LogP contribution >= 0.6 is 11.8 Å². The highest BCUT2D eigenvalue weighted by Crippen LogP contribution is 2.38. The van der Waals surface area contributed by atoms with Crippen LogP contribution in [0.15, 0.2) is 59.6 Å². The minimum atomic E-state index is -4.38. The smallest absolute Gasteiger partial charge is 0.417 e. The lowest BCUT2D eigenvalue weighted by Crippen LogP contribution is -2.42. The molecule has 0 saturated carbocycles. The number of halogens is 4. The first-order chi connectivity index (χ1) is 19.2. The highest BCUT2D eigenvalue weighted by Gasteiger charge is 2.33. The number of aliphatic carboxylic acids is 1. The Morgan fingerprint density at radius 2 is 2.00 bits per heavy atom. The van der Waals surface area contributed by atoms with Crippen LogP contribution in [0, 0.1) is 11.8 Å². The lowest BCUT2D eigenvalue weighted by atomic mass is 9.79. The van der Waals surface area contributed by atoms with Gasteiger partial charge in [0, 0.05) is 29.4 Å². The number of hydrogen-bond donors (Lipinski definition) is 1. The number of nitrogens with zero attached hydrogens (tertiary/aromatic N) is 2. The Hall–Kier alpha value is -2.85. The molecule has 1 aliphatic rings. The fourth-order valence-corrected chi connectivity index (χ4v) is 6.56.